The van der Waals surface area contributed by atoms with E-state index in [0.717, 1.165) is 25.7 Å². The van der Waals surface area contributed by atoms with Crippen LogP contribution >= 0.6 is 0 Å². The molecule has 1 fully saturated rings. The second-order valence-corrected chi connectivity index (χ2v) is 5.40. The summed E-state index contributed by atoms with van der Waals surface area (Å²) < 4.78 is 0. The van der Waals surface area contributed by atoms with Crippen LogP contribution in [0.2, 0.25) is 0 Å². The van der Waals surface area contributed by atoms with E-state index in [9.17, 15) is 9.59 Å². The molecule has 0 radical (unpaired) electrons. The third-order valence-electron chi connectivity index (χ3n) is 3.79. The lowest BCUT2D eigenvalue weighted by molar-refractivity contribution is -0.139. The highest BCUT2D eigenvalue weighted by molar-refractivity contribution is 5.75. The third-order valence-corrected chi connectivity index (χ3v) is 3.79. The molecule has 1 aliphatic carbocycles. The van der Waals surface area contributed by atoms with Crippen molar-refractivity contribution in [1.82, 2.24) is 15.5 Å². The summed E-state index contributed by atoms with van der Waals surface area (Å²) in [5.41, 5.74) is 0. The van der Waals surface area contributed by atoms with Crippen LogP contribution in [0.5, 0.6) is 0 Å². The van der Waals surface area contributed by atoms with Crippen molar-refractivity contribution in [3.63, 3.8) is 0 Å². The number of carboxylic acids is 1. The second-order valence-electron chi connectivity index (χ2n) is 5.40. The lowest BCUT2D eigenvalue weighted by atomic mass is 9.85. The molecule has 0 bridgehead atoms. The van der Waals surface area contributed by atoms with Gasteiger partial charge >= 0.3 is 12.0 Å². The Balaban J connectivity index is 2.29. The minimum atomic E-state index is -0.817. The van der Waals surface area contributed by atoms with E-state index < -0.39 is 5.97 Å². The summed E-state index contributed by atoms with van der Waals surface area (Å²) in [6.45, 7) is 4.71. The number of hydrogen-bond donors (Lipinski definition) is 3. The van der Waals surface area contributed by atoms with Gasteiger partial charge in [-0.3, -0.25) is 9.69 Å². The van der Waals surface area contributed by atoms with E-state index in [2.05, 4.69) is 16.6 Å². The molecule has 0 aliphatic heterocycles. The van der Waals surface area contributed by atoms with E-state index in [-0.39, 0.29) is 30.7 Å². The van der Waals surface area contributed by atoms with Gasteiger partial charge in [0.15, 0.2) is 0 Å². The monoisotopic (exact) mass is 295 g/mol. The Morgan fingerprint density at radius 1 is 1.43 bits per heavy atom. The molecule has 1 aliphatic rings. The van der Waals surface area contributed by atoms with Crippen molar-refractivity contribution in [2.24, 2.45) is 0 Å². The first kappa shape index (κ1) is 17.3. The molecule has 0 spiro atoms. The largest absolute Gasteiger partial charge is 0.480 e. The fourth-order valence-electron chi connectivity index (χ4n) is 2.55. The van der Waals surface area contributed by atoms with Gasteiger partial charge in [-0.1, -0.05) is 26.2 Å². The van der Waals surface area contributed by atoms with Crippen molar-refractivity contribution in [3.8, 4) is 12.3 Å². The molecule has 1 rings (SSSR count). The smallest absolute Gasteiger partial charge is 0.317 e. The quantitative estimate of drug-likeness (QED) is 0.584. The number of hydrogen-bond acceptors (Lipinski definition) is 3. The number of urea groups is 1. The molecule has 3 N–H and O–H groups in total. The Morgan fingerprint density at radius 3 is 2.57 bits per heavy atom. The van der Waals surface area contributed by atoms with Gasteiger partial charge in [0.05, 0.1) is 12.6 Å². The van der Waals surface area contributed by atoms with E-state index >= 15 is 0 Å². The van der Waals surface area contributed by atoms with Crippen LogP contribution in [-0.4, -0.2) is 53.2 Å². The maximum absolute atomic E-state index is 11.8. The molecule has 118 valence electrons. The number of likely N-dealkylation sites (N-methyl/N-ethyl adjacent to an activating group) is 1. The first-order chi connectivity index (χ1) is 9.99. The number of terminal acetylenes is 1. The van der Waals surface area contributed by atoms with Gasteiger partial charge in [-0.25, -0.2) is 4.79 Å². The van der Waals surface area contributed by atoms with E-state index in [1.54, 1.807) is 0 Å². The molecule has 0 heterocycles. The van der Waals surface area contributed by atoms with Crippen LogP contribution in [-0.2, 0) is 4.79 Å². The molecule has 6 heteroatoms. The predicted octanol–water partition coefficient (Wildman–Crippen LogP) is 1.02. The summed E-state index contributed by atoms with van der Waals surface area (Å²) in [5.74, 6) is 1.74. The van der Waals surface area contributed by atoms with Crippen LogP contribution in [0.15, 0.2) is 0 Å². The van der Waals surface area contributed by atoms with Gasteiger partial charge in [0.1, 0.15) is 0 Å². The first-order valence-electron chi connectivity index (χ1n) is 7.49. The van der Waals surface area contributed by atoms with Crippen molar-refractivity contribution in [2.75, 3.05) is 13.1 Å². The lowest BCUT2D eigenvalue weighted by Gasteiger charge is -2.42. The normalized spacial score (nSPS) is 22.0. The molecule has 0 aromatic heterocycles. The minimum absolute atomic E-state index is 0.0513. The number of nitrogens with one attached hydrogen (secondary N) is 2. The molecule has 6 nitrogen and oxygen atoms in total. The number of carbonyl (C=O) groups excluding carboxylic acids is 1. The summed E-state index contributed by atoms with van der Waals surface area (Å²) in [6.07, 6.45) is 8.60. The maximum atomic E-state index is 11.8. The molecular formula is C15H25N3O3. The zero-order valence-corrected chi connectivity index (χ0v) is 12.8. The van der Waals surface area contributed by atoms with Gasteiger partial charge < -0.3 is 15.7 Å². The molecule has 21 heavy (non-hydrogen) atoms. The summed E-state index contributed by atoms with van der Waals surface area (Å²) in [6, 6.07) is -0.144. The fourth-order valence-corrected chi connectivity index (χ4v) is 2.55. The summed E-state index contributed by atoms with van der Waals surface area (Å²) in [5, 5.41) is 14.5. The fraction of sp³-hybridized carbons (Fsp3) is 0.733. The van der Waals surface area contributed by atoms with E-state index in [0.29, 0.717) is 6.54 Å². The SMILES string of the molecule is C#CC(CCC)NC(=O)NC1CC(N(CC)CC(=O)O)C1. The maximum Gasteiger partial charge on any atom is 0.317 e. The first-order valence-corrected chi connectivity index (χ1v) is 7.49. The van der Waals surface area contributed by atoms with E-state index in [1.165, 1.54) is 0 Å². The van der Waals surface area contributed by atoms with Gasteiger partial charge in [0.25, 0.3) is 0 Å². The molecule has 1 unspecified atom stereocenters. The average molecular weight is 295 g/mol. The Labute approximate surface area is 126 Å². The zero-order chi connectivity index (χ0) is 15.8. The summed E-state index contributed by atoms with van der Waals surface area (Å²) >= 11 is 0. The molecule has 2 amide bonds. The highest BCUT2D eigenvalue weighted by Crippen LogP contribution is 2.25. The Kier molecular flexibility index (Phi) is 7.03. The van der Waals surface area contributed by atoms with Crippen molar-refractivity contribution in [1.29, 1.82) is 0 Å². The molecule has 1 saturated carbocycles. The minimum Gasteiger partial charge on any atom is -0.480 e. The number of carbonyl (C=O) groups is 2. The van der Waals surface area contributed by atoms with Gasteiger partial charge in [0.2, 0.25) is 0 Å². The van der Waals surface area contributed by atoms with Crippen molar-refractivity contribution >= 4 is 12.0 Å². The standard InChI is InChI=1S/C15H25N3O3/c1-4-7-11(5-2)16-15(21)17-12-8-13(9-12)18(6-3)10-14(19)20/h2,11-13H,4,6-10H2,1,3H3,(H,19,20)(H2,16,17,21). The highest BCUT2D eigenvalue weighted by atomic mass is 16.4. The van der Waals surface area contributed by atoms with Crippen LogP contribution in [0.1, 0.15) is 39.5 Å². The van der Waals surface area contributed by atoms with Gasteiger partial charge in [-0.05, 0) is 25.8 Å². The van der Waals surface area contributed by atoms with Crippen molar-refractivity contribution in [3.05, 3.63) is 0 Å². The Hall–Kier alpha value is -1.74. The highest BCUT2D eigenvalue weighted by Gasteiger charge is 2.34. The molecule has 0 saturated heterocycles. The van der Waals surface area contributed by atoms with E-state index in [1.807, 2.05) is 18.7 Å². The number of carboxylic acid groups (broad SMARTS) is 1. The third kappa shape index (κ3) is 5.64. The number of rotatable bonds is 8. The summed E-state index contributed by atoms with van der Waals surface area (Å²) in [7, 11) is 0. The van der Waals surface area contributed by atoms with Gasteiger partial charge in [-0.15, -0.1) is 6.42 Å². The number of amides is 2. The topological polar surface area (TPSA) is 81.7 Å². The molecular weight excluding hydrogens is 270 g/mol. The van der Waals surface area contributed by atoms with E-state index in [4.69, 9.17) is 11.5 Å². The number of aliphatic carboxylic acids is 1. The van der Waals surface area contributed by atoms with Gasteiger partial charge in [-0.2, -0.15) is 0 Å². The van der Waals surface area contributed by atoms with Crippen LogP contribution < -0.4 is 10.6 Å². The van der Waals surface area contributed by atoms with Crippen LogP contribution in [0.3, 0.4) is 0 Å². The summed E-state index contributed by atoms with van der Waals surface area (Å²) in [4.78, 5) is 24.5. The Morgan fingerprint density at radius 2 is 2.10 bits per heavy atom. The lowest BCUT2D eigenvalue weighted by Crippen LogP contribution is -2.57. The van der Waals surface area contributed by atoms with Crippen molar-refractivity contribution in [2.45, 2.75) is 57.7 Å². The second kappa shape index (κ2) is 8.53. The van der Waals surface area contributed by atoms with Crippen molar-refractivity contribution < 1.29 is 14.7 Å². The van der Waals surface area contributed by atoms with Gasteiger partial charge in [0, 0.05) is 12.1 Å². The predicted molar refractivity (Wildman–Crippen MR) is 80.9 cm³/mol. The average Bonchev–Trinajstić information content (AvgIpc) is 2.39. The number of nitrogens with zero attached hydrogens (tertiary/aromatic N) is 1. The molecule has 0 aromatic carbocycles. The zero-order valence-electron chi connectivity index (χ0n) is 12.8. The molecule has 1 atom stereocenters. The van der Waals surface area contributed by atoms with Crippen LogP contribution in [0.4, 0.5) is 4.79 Å². The molecule has 0 aromatic rings. The van der Waals surface area contributed by atoms with Crippen LogP contribution in [0, 0.1) is 12.3 Å². The Bertz CT molecular complexity index is 399. The van der Waals surface area contributed by atoms with Crippen LogP contribution in [0.25, 0.3) is 0 Å².